The molecule has 1 aliphatic rings. The van der Waals surface area contributed by atoms with Crippen LogP contribution in [0.25, 0.3) is 0 Å². The maximum atomic E-state index is 3.51. The molecule has 1 aromatic carbocycles. The summed E-state index contributed by atoms with van der Waals surface area (Å²) in [6.07, 6.45) is 0. The molecule has 1 heterocycles. The van der Waals surface area contributed by atoms with E-state index in [9.17, 15) is 0 Å². The minimum Gasteiger partial charge on any atom is -0.373 e. The molecule has 0 fully saturated rings. The maximum absolute atomic E-state index is 3.51. The van der Waals surface area contributed by atoms with Gasteiger partial charge in [-0.3, -0.25) is 0 Å². The van der Waals surface area contributed by atoms with Gasteiger partial charge >= 0.3 is 0 Å². The molecule has 0 amide bonds. The quantitative estimate of drug-likeness (QED) is 0.765. The molecule has 0 bridgehead atoms. The topological polar surface area (TPSA) is 15.3 Å². The smallest absolute Gasteiger partial charge is 0.0421 e. The molecule has 2 rings (SSSR count). The number of anilines is 1. The molecule has 2 nitrogen and oxygen atoms in total. The molecule has 0 aromatic heterocycles. The van der Waals surface area contributed by atoms with Crippen LogP contribution in [0.3, 0.4) is 0 Å². The van der Waals surface area contributed by atoms with Gasteiger partial charge in [0, 0.05) is 36.3 Å². The number of fused-ring (bicyclic) bond motifs is 1. The van der Waals surface area contributed by atoms with Crippen molar-refractivity contribution in [3.05, 3.63) is 28.2 Å². The summed E-state index contributed by atoms with van der Waals surface area (Å²) in [5.41, 5.74) is 2.70. The van der Waals surface area contributed by atoms with Gasteiger partial charge in [-0.2, -0.15) is 0 Å². The Morgan fingerprint density at radius 3 is 3.07 bits per heavy atom. The van der Waals surface area contributed by atoms with Crippen molar-refractivity contribution < 1.29 is 0 Å². The molecule has 0 radical (unpaired) electrons. The Balaban J connectivity index is 2.39. The Morgan fingerprint density at radius 2 is 2.29 bits per heavy atom. The number of benzene rings is 1. The van der Waals surface area contributed by atoms with Crippen molar-refractivity contribution in [1.29, 1.82) is 0 Å². The molecule has 1 aromatic rings. The number of hydrogen-bond donors (Lipinski definition) is 1. The molecule has 0 saturated carbocycles. The maximum Gasteiger partial charge on any atom is 0.0421 e. The molecule has 3 heteroatoms. The van der Waals surface area contributed by atoms with Crippen LogP contribution in [0.15, 0.2) is 22.7 Å². The second-order valence-electron chi connectivity index (χ2n) is 3.94. The van der Waals surface area contributed by atoms with E-state index in [1.165, 1.54) is 11.3 Å². The fourth-order valence-electron chi connectivity index (χ4n) is 1.90. The van der Waals surface area contributed by atoms with Crippen molar-refractivity contribution in [3.63, 3.8) is 0 Å². The van der Waals surface area contributed by atoms with Crippen LogP contribution in [-0.2, 0) is 6.54 Å². The number of halogens is 1. The van der Waals surface area contributed by atoms with Crippen molar-refractivity contribution in [3.8, 4) is 0 Å². The predicted octanol–water partition coefficient (Wildman–Crippen LogP) is 2.38. The first kappa shape index (κ1) is 9.99. The zero-order valence-corrected chi connectivity index (χ0v) is 10.1. The lowest BCUT2D eigenvalue weighted by Crippen LogP contribution is -2.33. The highest BCUT2D eigenvalue weighted by Gasteiger charge is 2.15. The third-order valence-electron chi connectivity index (χ3n) is 2.65. The van der Waals surface area contributed by atoms with E-state index in [2.05, 4.69) is 58.3 Å². The molecule has 0 aliphatic carbocycles. The Bertz CT molecular complexity index is 338. The molecule has 1 aliphatic heterocycles. The highest BCUT2D eigenvalue weighted by atomic mass is 79.9. The predicted molar refractivity (Wildman–Crippen MR) is 63.7 cm³/mol. The van der Waals surface area contributed by atoms with Crippen LogP contribution in [0, 0.1) is 0 Å². The van der Waals surface area contributed by atoms with E-state index in [-0.39, 0.29) is 0 Å². The summed E-state index contributed by atoms with van der Waals surface area (Å²) in [6.45, 7) is 4.25. The molecular weight excluding hydrogens is 240 g/mol. The van der Waals surface area contributed by atoms with E-state index < -0.39 is 0 Å². The second-order valence-corrected chi connectivity index (χ2v) is 4.85. The summed E-state index contributed by atoms with van der Waals surface area (Å²) in [5.74, 6) is 0. The zero-order chi connectivity index (χ0) is 10.1. The minimum absolute atomic E-state index is 0.547. The number of nitrogens with zero attached hydrogens (tertiary/aromatic N) is 1. The minimum atomic E-state index is 0.547. The fourth-order valence-corrected chi connectivity index (χ4v) is 2.25. The summed E-state index contributed by atoms with van der Waals surface area (Å²) < 4.78 is 1.15. The summed E-state index contributed by atoms with van der Waals surface area (Å²) in [7, 11) is 2.15. The van der Waals surface area contributed by atoms with Crippen LogP contribution < -0.4 is 10.2 Å². The van der Waals surface area contributed by atoms with Gasteiger partial charge in [0.1, 0.15) is 0 Å². The van der Waals surface area contributed by atoms with Crippen molar-refractivity contribution >= 4 is 21.6 Å². The standard InChI is InChI=1S/C11H15BrN2/c1-8-7-14(2)11-5-10(12)4-3-9(11)6-13-8/h3-5,8,13H,6-7H2,1-2H3/t8-/m0/s1. The molecule has 0 spiro atoms. The van der Waals surface area contributed by atoms with Crippen molar-refractivity contribution in [1.82, 2.24) is 5.32 Å². The second kappa shape index (κ2) is 3.91. The van der Waals surface area contributed by atoms with E-state index >= 15 is 0 Å². The van der Waals surface area contributed by atoms with E-state index in [0.717, 1.165) is 17.6 Å². The van der Waals surface area contributed by atoms with Gasteiger partial charge in [0.15, 0.2) is 0 Å². The monoisotopic (exact) mass is 254 g/mol. The first-order chi connectivity index (χ1) is 6.66. The van der Waals surface area contributed by atoms with Crippen LogP contribution in [-0.4, -0.2) is 19.6 Å². The average molecular weight is 255 g/mol. The zero-order valence-electron chi connectivity index (χ0n) is 8.55. The Kier molecular flexibility index (Phi) is 2.79. The lowest BCUT2D eigenvalue weighted by atomic mass is 10.1. The molecule has 0 saturated heterocycles. The molecular formula is C11H15BrN2. The molecule has 0 unspecified atom stereocenters. The summed E-state index contributed by atoms with van der Waals surface area (Å²) >= 11 is 3.51. The largest absolute Gasteiger partial charge is 0.373 e. The van der Waals surface area contributed by atoms with Crippen molar-refractivity contribution in [2.45, 2.75) is 19.5 Å². The van der Waals surface area contributed by atoms with E-state index in [4.69, 9.17) is 0 Å². The van der Waals surface area contributed by atoms with Gasteiger partial charge in [0.05, 0.1) is 0 Å². The first-order valence-electron chi connectivity index (χ1n) is 4.90. The lowest BCUT2D eigenvalue weighted by Gasteiger charge is -2.21. The van der Waals surface area contributed by atoms with Crippen LogP contribution in [0.4, 0.5) is 5.69 Å². The Morgan fingerprint density at radius 1 is 1.50 bits per heavy atom. The lowest BCUT2D eigenvalue weighted by molar-refractivity contribution is 0.563. The first-order valence-corrected chi connectivity index (χ1v) is 5.69. The number of hydrogen-bond acceptors (Lipinski definition) is 2. The van der Waals surface area contributed by atoms with Gasteiger partial charge in [-0.1, -0.05) is 22.0 Å². The normalized spacial score (nSPS) is 21.6. The van der Waals surface area contributed by atoms with Gasteiger partial charge < -0.3 is 10.2 Å². The van der Waals surface area contributed by atoms with Crippen molar-refractivity contribution in [2.75, 3.05) is 18.5 Å². The highest BCUT2D eigenvalue weighted by Crippen LogP contribution is 2.26. The van der Waals surface area contributed by atoms with Gasteiger partial charge in [-0.05, 0) is 24.6 Å². The highest BCUT2D eigenvalue weighted by molar-refractivity contribution is 9.10. The summed E-state index contributed by atoms with van der Waals surface area (Å²) in [6, 6.07) is 7.02. The van der Waals surface area contributed by atoms with Crippen LogP contribution >= 0.6 is 15.9 Å². The molecule has 14 heavy (non-hydrogen) atoms. The van der Waals surface area contributed by atoms with Gasteiger partial charge in [-0.15, -0.1) is 0 Å². The number of rotatable bonds is 0. The Labute approximate surface area is 93.4 Å². The van der Waals surface area contributed by atoms with E-state index in [1.54, 1.807) is 0 Å². The third-order valence-corrected chi connectivity index (χ3v) is 3.14. The number of likely N-dealkylation sites (N-methyl/N-ethyl adjacent to an activating group) is 1. The molecule has 1 atom stereocenters. The molecule has 76 valence electrons. The van der Waals surface area contributed by atoms with Crippen LogP contribution in [0.1, 0.15) is 12.5 Å². The SMILES string of the molecule is C[C@H]1CN(C)c2cc(Br)ccc2CN1. The van der Waals surface area contributed by atoms with Gasteiger partial charge in [0.2, 0.25) is 0 Å². The summed E-state index contributed by atoms with van der Waals surface area (Å²) in [5, 5.41) is 3.49. The van der Waals surface area contributed by atoms with Gasteiger partial charge in [0.25, 0.3) is 0 Å². The van der Waals surface area contributed by atoms with Crippen LogP contribution in [0.2, 0.25) is 0 Å². The van der Waals surface area contributed by atoms with Gasteiger partial charge in [-0.25, -0.2) is 0 Å². The average Bonchev–Trinajstić information content (AvgIpc) is 2.27. The third kappa shape index (κ3) is 1.93. The summed E-state index contributed by atoms with van der Waals surface area (Å²) in [4.78, 5) is 2.31. The Hall–Kier alpha value is -0.540. The molecule has 1 N–H and O–H groups in total. The fraction of sp³-hybridized carbons (Fsp3) is 0.455. The van der Waals surface area contributed by atoms with E-state index in [0.29, 0.717) is 6.04 Å². The number of nitrogens with one attached hydrogen (secondary N) is 1. The van der Waals surface area contributed by atoms with E-state index in [1.807, 2.05) is 0 Å². The van der Waals surface area contributed by atoms with Crippen LogP contribution in [0.5, 0.6) is 0 Å². The van der Waals surface area contributed by atoms with Crippen molar-refractivity contribution in [2.24, 2.45) is 0 Å².